The quantitative estimate of drug-likeness (QED) is 0.105. The number of hydrogen-bond donors (Lipinski definition) is 0. The molecule has 0 unspecified atom stereocenters. The van der Waals surface area contributed by atoms with Gasteiger partial charge in [0.2, 0.25) is 11.8 Å². The second-order valence-electron chi connectivity index (χ2n) is 13.5. The minimum Gasteiger partial charge on any atom is -0.496 e. The van der Waals surface area contributed by atoms with Crippen LogP contribution in [0.2, 0.25) is 30.1 Å². The number of nitrogens with zero attached hydrogens (tertiary/aromatic N) is 4. The molecule has 22 heteroatoms. The number of rotatable bonds is 12. The maximum absolute atomic E-state index is 13.0. The smallest absolute Gasteiger partial charge is 0.350 e. The molecule has 68 heavy (non-hydrogen) atoms. The third kappa shape index (κ3) is 11.0. The van der Waals surface area contributed by atoms with E-state index < -0.39 is 23.9 Å². The minimum absolute atomic E-state index is 0.0447. The Morgan fingerprint density at radius 2 is 0.662 bits per heavy atom. The zero-order valence-corrected chi connectivity index (χ0v) is 40.6. The average Bonchev–Trinajstić information content (AvgIpc) is 3.32. The number of aryl methyl sites for hydroxylation is 2. The molecule has 5 aromatic carbocycles. The molecule has 7 aromatic rings. The summed E-state index contributed by atoms with van der Waals surface area (Å²) in [5.74, 6) is -3.18. The first-order chi connectivity index (χ1) is 32.5. The zero-order chi connectivity index (χ0) is 49.4. The minimum atomic E-state index is -0.861. The summed E-state index contributed by atoms with van der Waals surface area (Å²) < 4.78 is 42.3. The maximum atomic E-state index is 13.0. The zero-order valence-electron chi connectivity index (χ0n) is 36.0. The Balaban J connectivity index is 0.000000226. The average molecular weight is 1050 g/mol. The SMILES string of the molecule is COc1c(C)ccc(Cl)c1C(=O)Oc1ccc(OC(=O)c2c(Cl)ccc(Cl)c2OC)nn1.COc1c(C)ccc(Cl)c1C(=O)Oc1nnc(OC(=O)c2c(Cl)ccc(Cl)c2OC)c2ccccc12. The number of hydrogen-bond acceptors (Lipinski definition) is 16. The van der Waals surface area contributed by atoms with E-state index in [0.29, 0.717) is 21.9 Å². The van der Waals surface area contributed by atoms with Crippen LogP contribution in [0.15, 0.2) is 84.9 Å². The number of esters is 4. The first-order valence-corrected chi connectivity index (χ1v) is 21.5. The molecule has 2 aromatic heterocycles. The number of aromatic nitrogens is 4. The number of ether oxygens (including phenoxy) is 8. The maximum Gasteiger partial charge on any atom is 0.350 e. The Morgan fingerprint density at radius 1 is 0.368 bits per heavy atom. The van der Waals surface area contributed by atoms with Crippen LogP contribution in [0.1, 0.15) is 52.6 Å². The Bertz CT molecular complexity index is 2900. The van der Waals surface area contributed by atoms with Crippen molar-refractivity contribution in [3.8, 4) is 46.5 Å². The van der Waals surface area contributed by atoms with E-state index in [2.05, 4.69) is 20.4 Å². The van der Waals surface area contributed by atoms with Crippen LogP contribution >= 0.6 is 69.6 Å². The normalized spacial score (nSPS) is 10.6. The predicted octanol–water partition coefficient (Wildman–Crippen LogP) is 11.6. The highest BCUT2D eigenvalue weighted by molar-refractivity contribution is 6.38. The van der Waals surface area contributed by atoms with E-state index in [0.717, 1.165) is 0 Å². The molecule has 0 N–H and O–H groups in total. The molecule has 16 nitrogen and oxygen atoms in total. The first-order valence-electron chi connectivity index (χ1n) is 19.2. The summed E-state index contributed by atoms with van der Waals surface area (Å²) in [7, 11) is 5.53. The van der Waals surface area contributed by atoms with Crippen molar-refractivity contribution in [3.05, 3.63) is 148 Å². The molecule has 0 aliphatic rings. The summed E-state index contributed by atoms with van der Waals surface area (Å²) in [4.78, 5) is 51.1. The van der Waals surface area contributed by atoms with Crippen molar-refractivity contribution in [1.29, 1.82) is 0 Å². The molecule has 350 valence electrons. The lowest BCUT2D eigenvalue weighted by Gasteiger charge is -2.14. The van der Waals surface area contributed by atoms with Crippen LogP contribution in [0.5, 0.6) is 46.5 Å². The summed E-state index contributed by atoms with van der Waals surface area (Å²) in [5.41, 5.74) is 1.35. The number of methoxy groups -OCH3 is 4. The number of carbonyl (C=O) groups excluding carboxylic acids is 4. The molecule has 0 amide bonds. The molecular weight excluding hydrogens is 1010 g/mol. The number of halogens is 6. The standard InChI is InChI=1S/C25H17Cl3N2O6.C21H15Cl3N2O6/c1-12-8-9-15(26)18(20(12)33-2)24(31)35-22-13-6-4-5-7-14(13)23(30-29-22)36-25(32)19-16(27)10-11-17(28)21(19)34-3;1-10-4-5-11(22)16(18(10)29-2)20(27)31-14-8-9-15(26-25-14)32-21(28)17-12(23)6-7-13(24)19(17)30-3/h4-11H,1-3H3;4-9H,1-3H3. The molecule has 0 spiro atoms. The topological polar surface area (TPSA) is 194 Å². The third-order valence-corrected chi connectivity index (χ3v) is 11.2. The van der Waals surface area contributed by atoms with Gasteiger partial charge in [-0.25, -0.2) is 19.2 Å². The van der Waals surface area contributed by atoms with Crippen molar-refractivity contribution >= 4 is 104 Å². The van der Waals surface area contributed by atoms with Gasteiger partial charge in [0.1, 0.15) is 33.8 Å². The first kappa shape index (κ1) is 50.7. The van der Waals surface area contributed by atoms with Gasteiger partial charge in [-0.15, -0.1) is 20.4 Å². The summed E-state index contributed by atoms with van der Waals surface area (Å²) in [6.07, 6.45) is 0. The number of carbonyl (C=O) groups is 4. The summed E-state index contributed by atoms with van der Waals surface area (Å²) in [6, 6.07) is 21.6. The van der Waals surface area contributed by atoms with Gasteiger partial charge < -0.3 is 37.9 Å². The molecule has 0 bridgehead atoms. The van der Waals surface area contributed by atoms with Crippen molar-refractivity contribution in [2.45, 2.75) is 13.8 Å². The Labute approximate surface area is 416 Å². The fourth-order valence-corrected chi connectivity index (χ4v) is 7.64. The van der Waals surface area contributed by atoms with Crippen LogP contribution in [-0.2, 0) is 0 Å². The second-order valence-corrected chi connectivity index (χ2v) is 16.0. The van der Waals surface area contributed by atoms with Crippen LogP contribution < -0.4 is 37.9 Å². The largest absolute Gasteiger partial charge is 0.496 e. The number of fused-ring (bicyclic) bond motifs is 1. The van der Waals surface area contributed by atoms with E-state index >= 15 is 0 Å². The Morgan fingerprint density at radius 3 is 0.985 bits per heavy atom. The van der Waals surface area contributed by atoms with Crippen LogP contribution in [0.25, 0.3) is 10.8 Å². The molecule has 7 rings (SSSR count). The van der Waals surface area contributed by atoms with E-state index in [1.54, 1.807) is 62.4 Å². The monoisotopic (exact) mass is 1040 g/mol. The van der Waals surface area contributed by atoms with Gasteiger partial charge in [-0.1, -0.05) is 93.9 Å². The Kier molecular flexibility index (Phi) is 16.7. The van der Waals surface area contributed by atoms with Crippen molar-refractivity contribution in [1.82, 2.24) is 20.4 Å². The van der Waals surface area contributed by atoms with Crippen LogP contribution in [0.3, 0.4) is 0 Å². The summed E-state index contributed by atoms with van der Waals surface area (Å²) in [6.45, 7) is 3.53. The highest BCUT2D eigenvalue weighted by atomic mass is 35.5. The molecule has 0 aliphatic heterocycles. The van der Waals surface area contributed by atoms with Gasteiger partial charge in [-0.2, -0.15) is 0 Å². The van der Waals surface area contributed by atoms with E-state index in [-0.39, 0.29) is 98.9 Å². The van der Waals surface area contributed by atoms with Crippen molar-refractivity contribution in [2.75, 3.05) is 28.4 Å². The van der Waals surface area contributed by atoms with Gasteiger partial charge in [0.15, 0.2) is 11.5 Å². The van der Waals surface area contributed by atoms with Gasteiger partial charge in [-0.3, -0.25) is 0 Å². The summed E-state index contributed by atoms with van der Waals surface area (Å²) in [5, 5.41) is 16.9. The fourth-order valence-electron chi connectivity index (χ4n) is 6.27. The molecule has 2 heterocycles. The van der Waals surface area contributed by atoms with Crippen molar-refractivity contribution in [2.24, 2.45) is 0 Å². The third-order valence-electron chi connectivity index (χ3n) is 9.37. The van der Waals surface area contributed by atoms with Crippen LogP contribution in [-0.4, -0.2) is 72.7 Å². The fraction of sp³-hybridized carbons (Fsp3) is 0.130. The highest BCUT2D eigenvalue weighted by Crippen LogP contribution is 2.38. The lowest BCUT2D eigenvalue weighted by Crippen LogP contribution is -2.15. The predicted molar refractivity (Wildman–Crippen MR) is 253 cm³/mol. The molecule has 0 saturated heterocycles. The van der Waals surface area contributed by atoms with E-state index in [1.165, 1.54) is 64.8 Å². The summed E-state index contributed by atoms with van der Waals surface area (Å²) >= 11 is 36.8. The van der Waals surface area contributed by atoms with Gasteiger partial charge in [0.05, 0.1) is 69.3 Å². The number of benzene rings is 5. The van der Waals surface area contributed by atoms with Crippen molar-refractivity contribution < 1.29 is 57.1 Å². The molecular formula is C46H32Cl6N4O12. The van der Waals surface area contributed by atoms with Crippen LogP contribution in [0, 0.1) is 13.8 Å². The molecule has 0 atom stereocenters. The Hall–Kier alpha value is -6.66. The lowest BCUT2D eigenvalue weighted by molar-refractivity contribution is 0.0700. The van der Waals surface area contributed by atoms with Crippen molar-refractivity contribution in [3.63, 3.8) is 0 Å². The van der Waals surface area contributed by atoms with E-state index in [4.69, 9.17) is 108 Å². The highest BCUT2D eigenvalue weighted by Gasteiger charge is 2.27. The van der Waals surface area contributed by atoms with Gasteiger partial charge in [0, 0.05) is 12.1 Å². The van der Waals surface area contributed by atoms with E-state index in [9.17, 15) is 19.2 Å². The van der Waals surface area contributed by atoms with Crippen LogP contribution in [0.4, 0.5) is 0 Å². The molecule has 0 radical (unpaired) electrons. The second kappa shape index (κ2) is 22.4. The lowest BCUT2D eigenvalue weighted by atomic mass is 10.1. The van der Waals surface area contributed by atoms with Gasteiger partial charge >= 0.3 is 23.9 Å². The molecule has 0 aliphatic carbocycles. The van der Waals surface area contributed by atoms with Gasteiger partial charge in [-0.05, 0) is 73.5 Å². The van der Waals surface area contributed by atoms with Gasteiger partial charge in [0.25, 0.3) is 11.8 Å². The molecule has 0 saturated carbocycles. The van der Waals surface area contributed by atoms with E-state index in [1.807, 2.05) is 0 Å². The molecule has 0 fully saturated rings.